The largest absolute Gasteiger partial charge is 0.459 e. The van der Waals surface area contributed by atoms with E-state index in [1.807, 2.05) is 4.98 Å². The van der Waals surface area contributed by atoms with Crippen molar-refractivity contribution in [3.63, 3.8) is 0 Å². The average molecular weight is 362 g/mol. The topological polar surface area (TPSA) is 131 Å². The Hall–Kier alpha value is -2.75. The minimum atomic E-state index is -1.78. The molecule has 0 unspecified atom stereocenters. The zero-order valence-corrected chi connectivity index (χ0v) is 13.9. The summed E-state index contributed by atoms with van der Waals surface area (Å²) in [4.78, 5) is 37.1. The molecule has 0 saturated carbocycles. The molecule has 26 heavy (non-hydrogen) atoms. The van der Waals surface area contributed by atoms with Crippen LogP contribution in [0, 0.1) is 0 Å². The Balaban J connectivity index is 1.75. The van der Waals surface area contributed by atoms with Gasteiger partial charge in [-0.05, 0) is 19.1 Å². The molecule has 9 heteroatoms. The molecular weight excluding hydrogens is 344 g/mol. The van der Waals surface area contributed by atoms with Crippen LogP contribution in [0.25, 0.3) is 0 Å². The molecule has 0 bridgehead atoms. The van der Waals surface area contributed by atoms with E-state index in [0.717, 1.165) is 16.8 Å². The summed E-state index contributed by atoms with van der Waals surface area (Å²) in [6.45, 7) is 0.988. The number of rotatable bonds is 4. The molecule has 0 radical (unpaired) electrons. The molecule has 3 rings (SSSR count). The lowest BCUT2D eigenvalue weighted by molar-refractivity contribution is -0.0845. The quantitative estimate of drug-likeness (QED) is 0.619. The molecule has 9 nitrogen and oxygen atoms in total. The highest BCUT2D eigenvalue weighted by molar-refractivity contribution is 5.89. The highest BCUT2D eigenvalue weighted by Gasteiger charge is 2.53. The molecule has 2 aromatic rings. The summed E-state index contributed by atoms with van der Waals surface area (Å²) in [5.74, 6) is -0.607. The van der Waals surface area contributed by atoms with Gasteiger partial charge in [0.25, 0.3) is 5.56 Å². The number of nitrogens with zero attached hydrogens (tertiary/aromatic N) is 1. The summed E-state index contributed by atoms with van der Waals surface area (Å²) in [6, 6.07) is 9.36. The van der Waals surface area contributed by atoms with Crippen molar-refractivity contribution in [2.45, 2.75) is 31.0 Å². The third kappa shape index (κ3) is 3.32. The lowest BCUT2D eigenvalue weighted by Gasteiger charge is -2.26. The monoisotopic (exact) mass is 362 g/mol. The maximum Gasteiger partial charge on any atom is 0.338 e. The Bertz CT molecular complexity index is 903. The van der Waals surface area contributed by atoms with Crippen LogP contribution in [0.3, 0.4) is 0 Å². The smallest absolute Gasteiger partial charge is 0.338 e. The van der Waals surface area contributed by atoms with Crippen molar-refractivity contribution in [2.75, 3.05) is 6.61 Å². The van der Waals surface area contributed by atoms with Gasteiger partial charge >= 0.3 is 11.7 Å². The van der Waals surface area contributed by atoms with Crippen molar-refractivity contribution >= 4 is 5.97 Å². The molecule has 0 amide bonds. The van der Waals surface area contributed by atoms with Crippen LogP contribution >= 0.6 is 0 Å². The number of aromatic nitrogens is 2. The maximum atomic E-state index is 12.0. The molecule has 1 aromatic carbocycles. The van der Waals surface area contributed by atoms with Gasteiger partial charge in [-0.25, -0.2) is 9.59 Å². The minimum Gasteiger partial charge on any atom is -0.459 e. The van der Waals surface area contributed by atoms with Gasteiger partial charge in [-0.2, -0.15) is 0 Å². The number of carbonyl (C=O) groups is 1. The second kappa shape index (κ2) is 6.87. The Morgan fingerprint density at radius 2 is 2.00 bits per heavy atom. The Labute approximate surface area is 147 Å². The second-order valence-corrected chi connectivity index (χ2v) is 6.17. The van der Waals surface area contributed by atoms with Crippen LogP contribution in [0.5, 0.6) is 0 Å². The number of nitrogens with one attached hydrogen (secondary N) is 1. The molecule has 0 spiro atoms. The zero-order chi connectivity index (χ0) is 18.9. The maximum absolute atomic E-state index is 12.0. The Kier molecular flexibility index (Phi) is 4.77. The van der Waals surface area contributed by atoms with Gasteiger partial charge < -0.3 is 19.7 Å². The molecule has 2 heterocycles. The third-order valence-electron chi connectivity index (χ3n) is 4.33. The van der Waals surface area contributed by atoms with Gasteiger partial charge in [0.1, 0.15) is 24.4 Å². The van der Waals surface area contributed by atoms with E-state index in [-0.39, 0.29) is 6.61 Å². The molecular formula is C17H18N2O7. The summed E-state index contributed by atoms with van der Waals surface area (Å²) in [6.07, 6.45) is -2.64. The molecule has 1 fully saturated rings. The lowest BCUT2D eigenvalue weighted by Crippen LogP contribution is -2.47. The van der Waals surface area contributed by atoms with Crippen molar-refractivity contribution in [3.8, 4) is 0 Å². The molecule has 3 N–H and O–H groups in total. The van der Waals surface area contributed by atoms with E-state index in [1.54, 1.807) is 30.3 Å². The van der Waals surface area contributed by atoms with Gasteiger partial charge in [0.2, 0.25) is 0 Å². The molecule has 1 aromatic heterocycles. The van der Waals surface area contributed by atoms with Crippen molar-refractivity contribution in [1.82, 2.24) is 9.55 Å². The number of esters is 1. The first-order valence-corrected chi connectivity index (χ1v) is 7.90. The van der Waals surface area contributed by atoms with Gasteiger partial charge in [-0.3, -0.25) is 14.3 Å². The van der Waals surface area contributed by atoms with Crippen LogP contribution < -0.4 is 11.2 Å². The number of hydrogen-bond acceptors (Lipinski definition) is 7. The number of aliphatic hydroxyl groups is 2. The second-order valence-electron chi connectivity index (χ2n) is 6.17. The number of carbonyl (C=O) groups excluding carboxylic acids is 1. The fourth-order valence-corrected chi connectivity index (χ4v) is 2.72. The highest BCUT2D eigenvalue weighted by Crippen LogP contribution is 2.36. The van der Waals surface area contributed by atoms with Gasteiger partial charge in [0.05, 0.1) is 5.56 Å². The van der Waals surface area contributed by atoms with Crippen LogP contribution in [0.4, 0.5) is 0 Å². The molecule has 1 aliphatic heterocycles. The van der Waals surface area contributed by atoms with E-state index < -0.39 is 41.3 Å². The van der Waals surface area contributed by atoms with Crippen LogP contribution in [-0.4, -0.2) is 50.1 Å². The predicted molar refractivity (Wildman–Crippen MR) is 88.6 cm³/mol. The first kappa shape index (κ1) is 18.1. The first-order chi connectivity index (χ1) is 12.3. The minimum absolute atomic E-state index is 0.327. The standard InChI is InChI=1S/C17H18N2O7/c1-17(24)11(9-25-15(22)10-5-3-2-4-6-10)26-14(13(17)21)19-8-7-12(20)18-16(19)23/h2-8,11,13-14,21,24H,9H2,1H3,(H,18,20,23)/t11-,13+,14-,17-/m1/s1. The van der Waals surface area contributed by atoms with Crippen LogP contribution in [0.2, 0.25) is 0 Å². The van der Waals surface area contributed by atoms with Crippen molar-refractivity contribution in [1.29, 1.82) is 0 Å². The van der Waals surface area contributed by atoms with E-state index in [2.05, 4.69) is 0 Å². The highest BCUT2D eigenvalue weighted by atomic mass is 16.6. The number of benzene rings is 1. The van der Waals surface area contributed by atoms with Gasteiger partial charge in [0, 0.05) is 12.3 Å². The third-order valence-corrected chi connectivity index (χ3v) is 4.33. The summed E-state index contributed by atoms with van der Waals surface area (Å²) in [5, 5.41) is 20.9. The van der Waals surface area contributed by atoms with Crippen LogP contribution in [0.1, 0.15) is 23.5 Å². The van der Waals surface area contributed by atoms with E-state index in [0.29, 0.717) is 5.56 Å². The summed E-state index contributed by atoms with van der Waals surface area (Å²) in [5.41, 5.74) is -2.84. The molecule has 138 valence electrons. The van der Waals surface area contributed by atoms with E-state index in [4.69, 9.17) is 9.47 Å². The average Bonchev–Trinajstić information content (AvgIpc) is 2.84. The lowest BCUT2D eigenvalue weighted by atomic mass is 9.95. The summed E-state index contributed by atoms with van der Waals surface area (Å²) in [7, 11) is 0. The number of H-pyrrole nitrogens is 1. The van der Waals surface area contributed by atoms with Gasteiger partial charge in [-0.1, -0.05) is 18.2 Å². The van der Waals surface area contributed by atoms with Gasteiger partial charge in [-0.15, -0.1) is 0 Å². The van der Waals surface area contributed by atoms with Crippen LogP contribution in [-0.2, 0) is 9.47 Å². The molecule has 0 aliphatic carbocycles. The Morgan fingerprint density at radius 1 is 1.31 bits per heavy atom. The number of ether oxygens (including phenoxy) is 2. The first-order valence-electron chi connectivity index (χ1n) is 7.90. The van der Waals surface area contributed by atoms with Gasteiger partial charge in [0.15, 0.2) is 6.23 Å². The normalized spacial score (nSPS) is 28.0. The van der Waals surface area contributed by atoms with E-state index >= 15 is 0 Å². The number of hydrogen-bond donors (Lipinski definition) is 3. The zero-order valence-electron chi connectivity index (χ0n) is 13.9. The number of aromatic amines is 1. The number of aliphatic hydroxyl groups excluding tert-OH is 1. The van der Waals surface area contributed by atoms with Crippen molar-refractivity contribution in [2.24, 2.45) is 0 Å². The summed E-state index contributed by atoms with van der Waals surface area (Å²) < 4.78 is 11.7. The van der Waals surface area contributed by atoms with E-state index in [1.165, 1.54) is 6.92 Å². The molecule has 4 atom stereocenters. The SMILES string of the molecule is C[C@@]1(O)[C@@H](COC(=O)c2ccccc2)O[C@@H](n2ccc(=O)[nH]c2=O)[C@@H]1O. The van der Waals surface area contributed by atoms with Crippen LogP contribution in [0.15, 0.2) is 52.2 Å². The fourth-order valence-electron chi connectivity index (χ4n) is 2.72. The fraction of sp³-hybridized carbons (Fsp3) is 0.353. The summed E-state index contributed by atoms with van der Waals surface area (Å²) >= 11 is 0. The van der Waals surface area contributed by atoms with E-state index in [9.17, 15) is 24.6 Å². The Morgan fingerprint density at radius 3 is 2.65 bits per heavy atom. The van der Waals surface area contributed by atoms with Crippen molar-refractivity contribution in [3.05, 3.63) is 69.0 Å². The molecule has 1 aliphatic rings. The molecule has 1 saturated heterocycles. The van der Waals surface area contributed by atoms with Crippen molar-refractivity contribution < 1.29 is 24.5 Å². The predicted octanol–water partition coefficient (Wildman–Crippen LogP) is -0.597.